The molecular formula is C20H26F2N4OS. The molecule has 0 bridgehead atoms. The molecule has 1 unspecified atom stereocenters. The highest BCUT2D eigenvalue weighted by atomic mass is 32.2. The zero-order valence-electron chi connectivity index (χ0n) is 16.3. The number of benzene rings is 1. The van der Waals surface area contributed by atoms with E-state index in [0.717, 1.165) is 22.6 Å². The number of aromatic nitrogens is 2. The van der Waals surface area contributed by atoms with Crippen LogP contribution in [-0.2, 0) is 4.74 Å². The van der Waals surface area contributed by atoms with E-state index in [1.807, 2.05) is 31.4 Å². The molecule has 1 atom stereocenters. The quantitative estimate of drug-likeness (QED) is 0.470. The molecule has 1 fully saturated rings. The SMILES string of the molecule is COC(C)c1ccc(N/C(=C/CC2CC2)c2[nH]c(C(F)F)nc2N)c(SC)c1. The number of ether oxygens (including phenoxy) is 1. The lowest BCUT2D eigenvalue weighted by Crippen LogP contribution is -2.05. The zero-order chi connectivity index (χ0) is 20.3. The van der Waals surface area contributed by atoms with E-state index >= 15 is 0 Å². The lowest BCUT2D eigenvalue weighted by atomic mass is 10.1. The maximum atomic E-state index is 13.0. The van der Waals surface area contributed by atoms with Crippen molar-refractivity contribution in [3.63, 3.8) is 0 Å². The number of imidazole rings is 1. The van der Waals surface area contributed by atoms with Crippen LogP contribution < -0.4 is 11.1 Å². The third kappa shape index (κ3) is 4.86. The van der Waals surface area contributed by atoms with E-state index < -0.39 is 12.2 Å². The number of halogens is 2. The van der Waals surface area contributed by atoms with E-state index in [-0.39, 0.29) is 11.9 Å². The highest BCUT2D eigenvalue weighted by Gasteiger charge is 2.22. The number of nitrogens with zero attached hydrogens (tertiary/aromatic N) is 1. The van der Waals surface area contributed by atoms with Gasteiger partial charge in [-0.3, -0.25) is 0 Å². The van der Waals surface area contributed by atoms with Crippen LogP contribution in [0.25, 0.3) is 5.70 Å². The van der Waals surface area contributed by atoms with Gasteiger partial charge in [-0.1, -0.05) is 12.1 Å². The molecule has 0 saturated heterocycles. The van der Waals surface area contributed by atoms with Crippen LogP contribution in [0.2, 0.25) is 0 Å². The van der Waals surface area contributed by atoms with Gasteiger partial charge in [-0.15, -0.1) is 11.8 Å². The number of methoxy groups -OCH3 is 1. The summed E-state index contributed by atoms with van der Waals surface area (Å²) in [5, 5.41) is 3.38. The molecule has 3 rings (SSSR count). The molecule has 1 saturated carbocycles. The molecule has 0 radical (unpaired) electrons. The molecule has 1 heterocycles. The van der Waals surface area contributed by atoms with Gasteiger partial charge in [0.25, 0.3) is 6.43 Å². The number of nitrogen functional groups attached to an aromatic ring is 1. The van der Waals surface area contributed by atoms with E-state index in [2.05, 4.69) is 21.4 Å². The van der Waals surface area contributed by atoms with Crippen molar-refractivity contribution in [1.29, 1.82) is 0 Å². The molecule has 8 heteroatoms. The summed E-state index contributed by atoms with van der Waals surface area (Å²) in [6, 6.07) is 6.04. The van der Waals surface area contributed by atoms with Gasteiger partial charge in [-0.2, -0.15) is 0 Å². The normalized spacial score (nSPS) is 15.9. The highest BCUT2D eigenvalue weighted by Crippen LogP contribution is 2.36. The molecule has 2 aromatic rings. The Bertz CT molecular complexity index is 849. The Morgan fingerprint density at radius 2 is 2.21 bits per heavy atom. The number of nitrogens with two attached hydrogens (primary N) is 1. The molecular weight excluding hydrogens is 382 g/mol. The molecule has 0 spiro atoms. The first kappa shape index (κ1) is 20.7. The van der Waals surface area contributed by atoms with E-state index in [1.54, 1.807) is 18.9 Å². The minimum atomic E-state index is -2.70. The van der Waals surface area contributed by atoms with E-state index in [0.29, 0.717) is 17.3 Å². The van der Waals surface area contributed by atoms with Crippen LogP contribution in [0, 0.1) is 5.92 Å². The Morgan fingerprint density at radius 3 is 2.79 bits per heavy atom. The van der Waals surface area contributed by atoms with Gasteiger partial charge in [0.1, 0.15) is 5.69 Å². The van der Waals surface area contributed by atoms with Gasteiger partial charge in [-0.25, -0.2) is 13.8 Å². The second-order valence-electron chi connectivity index (χ2n) is 6.94. The minimum Gasteiger partial charge on any atom is -0.382 e. The van der Waals surface area contributed by atoms with Crippen molar-refractivity contribution in [2.75, 3.05) is 24.4 Å². The van der Waals surface area contributed by atoms with E-state index in [9.17, 15) is 8.78 Å². The number of rotatable bonds is 9. The number of nitrogens with one attached hydrogen (secondary N) is 2. The molecule has 0 amide bonds. The Hall–Kier alpha value is -2.06. The van der Waals surface area contributed by atoms with Crippen molar-refractivity contribution < 1.29 is 13.5 Å². The summed E-state index contributed by atoms with van der Waals surface area (Å²) in [6.07, 6.45) is 4.58. The minimum absolute atomic E-state index is 0.0123. The summed E-state index contributed by atoms with van der Waals surface area (Å²) < 4.78 is 31.5. The number of thioether (sulfide) groups is 1. The van der Waals surface area contributed by atoms with Crippen LogP contribution >= 0.6 is 11.8 Å². The third-order valence-electron chi connectivity index (χ3n) is 4.90. The van der Waals surface area contributed by atoms with Gasteiger partial charge in [0.05, 0.1) is 17.5 Å². The summed E-state index contributed by atoms with van der Waals surface area (Å²) in [5.74, 6) is 0.307. The second-order valence-corrected chi connectivity index (χ2v) is 7.79. The smallest absolute Gasteiger partial charge is 0.295 e. The zero-order valence-corrected chi connectivity index (χ0v) is 17.1. The first-order valence-electron chi connectivity index (χ1n) is 9.24. The lowest BCUT2D eigenvalue weighted by molar-refractivity contribution is 0.119. The number of allylic oxidation sites excluding steroid dienone is 1. The van der Waals surface area contributed by atoms with Gasteiger partial charge in [0, 0.05) is 12.0 Å². The summed E-state index contributed by atoms with van der Waals surface area (Å²) in [6.45, 7) is 1.99. The van der Waals surface area contributed by atoms with Crippen LogP contribution in [0.1, 0.15) is 55.8 Å². The first-order chi connectivity index (χ1) is 13.4. The topological polar surface area (TPSA) is 76.0 Å². The van der Waals surface area contributed by atoms with Crippen LogP contribution in [0.5, 0.6) is 0 Å². The number of anilines is 2. The molecule has 1 aromatic heterocycles. The van der Waals surface area contributed by atoms with Crippen LogP contribution in [0.15, 0.2) is 29.2 Å². The molecule has 4 N–H and O–H groups in total. The van der Waals surface area contributed by atoms with Gasteiger partial charge in [-0.05, 0) is 56.1 Å². The van der Waals surface area contributed by atoms with Gasteiger partial charge in [0.15, 0.2) is 11.6 Å². The Balaban J connectivity index is 1.93. The Labute approximate surface area is 168 Å². The summed E-state index contributed by atoms with van der Waals surface area (Å²) in [7, 11) is 1.68. The predicted octanol–water partition coefficient (Wildman–Crippen LogP) is 5.61. The van der Waals surface area contributed by atoms with Crippen LogP contribution in [0.4, 0.5) is 20.3 Å². The standard InChI is InChI=1S/C20H26F2N4OS/c1-11(27-2)13-7-9-14(16(10-13)28-3)24-15(8-6-12-4-5-12)17-19(23)26-20(25-17)18(21)22/h7-12,18,24H,4-6,23H2,1-3H3,(H,25,26)/b15-8+. The number of alkyl halides is 2. The average Bonchev–Trinajstić information content (AvgIpc) is 3.44. The number of hydrogen-bond acceptors (Lipinski definition) is 5. The maximum Gasteiger partial charge on any atom is 0.295 e. The van der Waals surface area contributed by atoms with Gasteiger partial charge in [0.2, 0.25) is 0 Å². The molecule has 5 nitrogen and oxygen atoms in total. The van der Waals surface area contributed by atoms with Crippen molar-refractivity contribution in [2.24, 2.45) is 5.92 Å². The van der Waals surface area contributed by atoms with Crippen molar-refractivity contribution in [1.82, 2.24) is 9.97 Å². The first-order valence-corrected chi connectivity index (χ1v) is 10.5. The fourth-order valence-corrected chi connectivity index (χ4v) is 3.51. The van der Waals surface area contributed by atoms with Crippen molar-refractivity contribution in [3.05, 3.63) is 41.4 Å². The highest BCUT2D eigenvalue weighted by molar-refractivity contribution is 7.98. The molecule has 1 aliphatic rings. The largest absolute Gasteiger partial charge is 0.382 e. The second kappa shape index (κ2) is 8.96. The fraction of sp³-hybridized carbons (Fsp3) is 0.450. The van der Waals surface area contributed by atoms with E-state index in [4.69, 9.17) is 10.5 Å². The summed E-state index contributed by atoms with van der Waals surface area (Å²) in [5.41, 5.74) is 8.96. The lowest BCUT2D eigenvalue weighted by Gasteiger charge is -2.17. The summed E-state index contributed by atoms with van der Waals surface area (Å²) >= 11 is 1.60. The monoisotopic (exact) mass is 408 g/mol. The molecule has 28 heavy (non-hydrogen) atoms. The van der Waals surface area contributed by atoms with E-state index in [1.165, 1.54) is 12.8 Å². The molecule has 1 aromatic carbocycles. The molecule has 0 aliphatic heterocycles. The van der Waals surface area contributed by atoms with Crippen molar-refractivity contribution >= 4 is 29.0 Å². The summed E-state index contributed by atoms with van der Waals surface area (Å²) in [4.78, 5) is 7.49. The molecule has 1 aliphatic carbocycles. The van der Waals surface area contributed by atoms with Gasteiger partial charge < -0.3 is 20.8 Å². The number of aromatic amines is 1. The Kier molecular flexibility index (Phi) is 6.61. The Morgan fingerprint density at radius 1 is 1.46 bits per heavy atom. The maximum absolute atomic E-state index is 13.0. The number of H-pyrrole nitrogens is 1. The van der Waals surface area contributed by atoms with Crippen molar-refractivity contribution in [3.8, 4) is 0 Å². The van der Waals surface area contributed by atoms with Gasteiger partial charge >= 0.3 is 0 Å². The van der Waals surface area contributed by atoms with Crippen LogP contribution in [0.3, 0.4) is 0 Å². The van der Waals surface area contributed by atoms with Crippen LogP contribution in [-0.4, -0.2) is 23.3 Å². The fourth-order valence-electron chi connectivity index (χ4n) is 2.91. The average molecular weight is 409 g/mol. The molecule has 152 valence electrons. The van der Waals surface area contributed by atoms with Crippen molar-refractivity contribution in [2.45, 2.75) is 43.6 Å². The third-order valence-corrected chi connectivity index (χ3v) is 5.67. The number of hydrogen-bond donors (Lipinski definition) is 3. The predicted molar refractivity (Wildman–Crippen MR) is 111 cm³/mol.